The van der Waals surface area contributed by atoms with Gasteiger partial charge in [0.05, 0.1) is 13.1 Å². The van der Waals surface area contributed by atoms with Gasteiger partial charge in [0.15, 0.2) is 0 Å². The summed E-state index contributed by atoms with van der Waals surface area (Å²) in [7, 11) is 1.83. The Kier molecular flexibility index (Phi) is 5.20. The van der Waals surface area contributed by atoms with Crippen molar-refractivity contribution >= 4 is 5.91 Å². The van der Waals surface area contributed by atoms with E-state index in [-0.39, 0.29) is 5.91 Å². The zero-order valence-electron chi connectivity index (χ0n) is 12.7. The summed E-state index contributed by atoms with van der Waals surface area (Å²) in [4.78, 5) is 16.3. The zero-order chi connectivity index (χ0) is 14.5. The molecule has 0 spiro atoms. The zero-order valence-corrected chi connectivity index (χ0v) is 12.7. The molecule has 1 aromatic heterocycles. The molecule has 0 saturated carbocycles. The van der Waals surface area contributed by atoms with Gasteiger partial charge in [-0.3, -0.25) is 9.69 Å². The quantitative estimate of drug-likeness (QED) is 0.851. The first kappa shape index (κ1) is 15.1. The Balaban J connectivity index is 1.85. The van der Waals surface area contributed by atoms with Gasteiger partial charge >= 0.3 is 0 Å². The highest BCUT2D eigenvalue weighted by atomic mass is 16.3. The fourth-order valence-electron chi connectivity index (χ4n) is 2.64. The van der Waals surface area contributed by atoms with Gasteiger partial charge in [-0.1, -0.05) is 6.92 Å². The molecule has 5 nitrogen and oxygen atoms in total. The highest BCUT2D eigenvalue weighted by Crippen LogP contribution is 2.11. The second kappa shape index (κ2) is 6.90. The molecule has 1 N–H and O–H groups in total. The lowest BCUT2D eigenvalue weighted by atomic mass is 10.2. The number of hydrogen-bond acceptors (Lipinski definition) is 4. The van der Waals surface area contributed by atoms with E-state index in [1.54, 1.807) is 4.90 Å². The maximum Gasteiger partial charge on any atom is 0.236 e. The van der Waals surface area contributed by atoms with Crippen LogP contribution in [0.4, 0.5) is 0 Å². The van der Waals surface area contributed by atoms with Crippen molar-refractivity contribution < 1.29 is 9.21 Å². The molecule has 112 valence electrons. The van der Waals surface area contributed by atoms with E-state index in [9.17, 15) is 4.79 Å². The minimum absolute atomic E-state index is 0.146. The minimum atomic E-state index is 0.146. The molecule has 20 heavy (non-hydrogen) atoms. The third-order valence-electron chi connectivity index (χ3n) is 3.91. The number of amides is 1. The Morgan fingerprint density at radius 1 is 1.50 bits per heavy atom. The highest BCUT2D eigenvalue weighted by molar-refractivity contribution is 5.78. The number of nitrogens with one attached hydrogen (secondary N) is 1. The molecule has 1 fully saturated rings. The molecule has 0 aliphatic carbocycles. The van der Waals surface area contributed by atoms with Gasteiger partial charge in [0.25, 0.3) is 0 Å². The summed E-state index contributed by atoms with van der Waals surface area (Å²) in [6.45, 7) is 8.00. The SMILES string of the molecule is CCN(CC(=O)N(C)Cc1ccc(C)o1)C1CCNC1. The van der Waals surface area contributed by atoms with E-state index >= 15 is 0 Å². The predicted octanol–water partition coefficient (Wildman–Crippen LogP) is 1.23. The lowest BCUT2D eigenvalue weighted by Crippen LogP contribution is -2.44. The van der Waals surface area contributed by atoms with Crippen LogP contribution in [0.15, 0.2) is 16.5 Å². The van der Waals surface area contributed by atoms with E-state index < -0.39 is 0 Å². The van der Waals surface area contributed by atoms with Crippen molar-refractivity contribution in [3.63, 3.8) is 0 Å². The van der Waals surface area contributed by atoms with Crippen LogP contribution in [0.2, 0.25) is 0 Å². The standard InChI is InChI=1S/C15H25N3O2/c1-4-18(13-7-8-16-9-13)11-15(19)17(3)10-14-6-5-12(2)20-14/h5-6,13,16H,4,7-11H2,1-3H3. The predicted molar refractivity (Wildman–Crippen MR) is 78.4 cm³/mol. The first-order chi connectivity index (χ1) is 9.60. The Bertz CT molecular complexity index is 438. The van der Waals surface area contributed by atoms with Gasteiger partial charge in [-0.2, -0.15) is 0 Å². The summed E-state index contributed by atoms with van der Waals surface area (Å²) < 4.78 is 5.52. The first-order valence-corrected chi connectivity index (χ1v) is 7.34. The van der Waals surface area contributed by atoms with E-state index in [4.69, 9.17) is 4.42 Å². The van der Waals surface area contributed by atoms with E-state index in [1.165, 1.54) is 0 Å². The maximum absolute atomic E-state index is 12.3. The van der Waals surface area contributed by atoms with Gasteiger partial charge < -0.3 is 14.6 Å². The van der Waals surface area contributed by atoms with Crippen LogP contribution in [0.5, 0.6) is 0 Å². The Hall–Kier alpha value is -1.33. The topological polar surface area (TPSA) is 48.7 Å². The van der Waals surface area contributed by atoms with Crippen LogP contribution in [0, 0.1) is 6.92 Å². The molecule has 1 aliphatic heterocycles. The summed E-state index contributed by atoms with van der Waals surface area (Å²) in [5.74, 6) is 1.87. The van der Waals surface area contributed by atoms with E-state index in [0.29, 0.717) is 19.1 Å². The van der Waals surface area contributed by atoms with Gasteiger partial charge in [0.1, 0.15) is 11.5 Å². The fraction of sp³-hybridized carbons (Fsp3) is 0.667. The molecule has 0 radical (unpaired) electrons. The molecule has 5 heteroatoms. The molecule has 1 saturated heterocycles. The number of carbonyl (C=O) groups is 1. The van der Waals surface area contributed by atoms with Crippen LogP contribution >= 0.6 is 0 Å². The lowest BCUT2D eigenvalue weighted by molar-refractivity contribution is -0.132. The summed E-state index contributed by atoms with van der Waals surface area (Å²) >= 11 is 0. The summed E-state index contributed by atoms with van der Waals surface area (Å²) in [6.07, 6.45) is 1.13. The fourth-order valence-corrected chi connectivity index (χ4v) is 2.64. The van der Waals surface area contributed by atoms with Gasteiger partial charge in [0.2, 0.25) is 5.91 Å². The molecule has 2 heterocycles. The molecule has 1 atom stereocenters. The molecule has 1 aromatic rings. The normalized spacial score (nSPS) is 18.7. The number of hydrogen-bond donors (Lipinski definition) is 1. The second-order valence-electron chi connectivity index (χ2n) is 5.47. The Labute approximate surface area is 120 Å². The molecule has 0 aromatic carbocycles. The van der Waals surface area contributed by atoms with Crippen LogP contribution in [0.25, 0.3) is 0 Å². The van der Waals surface area contributed by atoms with Crippen LogP contribution < -0.4 is 5.32 Å². The van der Waals surface area contributed by atoms with Crippen LogP contribution in [0.3, 0.4) is 0 Å². The monoisotopic (exact) mass is 279 g/mol. The number of rotatable bonds is 6. The third-order valence-corrected chi connectivity index (χ3v) is 3.91. The van der Waals surface area contributed by atoms with Crippen molar-refractivity contribution in [2.75, 3.05) is 33.2 Å². The average molecular weight is 279 g/mol. The van der Waals surface area contributed by atoms with Crippen molar-refractivity contribution in [2.45, 2.75) is 32.9 Å². The van der Waals surface area contributed by atoms with E-state index in [2.05, 4.69) is 17.1 Å². The van der Waals surface area contributed by atoms with Gasteiger partial charge in [0, 0.05) is 19.6 Å². The number of aryl methyl sites for hydroxylation is 1. The van der Waals surface area contributed by atoms with Crippen LogP contribution in [0.1, 0.15) is 24.9 Å². The minimum Gasteiger partial charge on any atom is -0.464 e. The van der Waals surface area contributed by atoms with Gasteiger partial charge in [-0.25, -0.2) is 0 Å². The summed E-state index contributed by atoms with van der Waals surface area (Å²) in [5.41, 5.74) is 0. The number of likely N-dealkylation sites (N-methyl/N-ethyl adjacent to an activating group) is 2. The molecule has 2 rings (SSSR count). The van der Waals surface area contributed by atoms with Crippen molar-refractivity contribution in [2.24, 2.45) is 0 Å². The molecular formula is C15H25N3O2. The maximum atomic E-state index is 12.3. The molecule has 0 bridgehead atoms. The lowest BCUT2D eigenvalue weighted by Gasteiger charge is -2.28. The van der Waals surface area contributed by atoms with E-state index in [0.717, 1.165) is 37.6 Å². The third kappa shape index (κ3) is 3.84. The van der Waals surface area contributed by atoms with Gasteiger partial charge in [-0.15, -0.1) is 0 Å². The van der Waals surface area contributed by atoms with Crippen molar-refractivity contribution in [1.82, 2.24) is 15.1 Å². The number of furan rings is 1. The molecule has 1 amide bonds. The largest absolute Gasteiger partial charge is 0.464 e. The molecule has 1 aliphatic rings. The highest BCUT2D eigenvalue weighted by Gasteiger charge is 2.24. The molecule has 1 unspecified atom stereocenters. The summed E-state index contributed by atoms with van der Waals surface area (Å²) in [5, 5.41) is 3.35. The van der Waals surface area contributed by atoms with Crippen molar-refractivity contribution in [3.8, 4) is 0 Å². The second-order valence-corrected chi connectivity index (χ2v) is 5.47. The Morgan fingerprint density at radius 3 is 2.85 bits per heavy atom. The number of carbonyl (C=O) groups excluding carboxylic acids is 1. The summed E-state index contributed by atoms with van der Waals surface area (Å²) in [6, 6.07) is 4.34. The Morgan fingerprint density at radius 2 is 2.30 bits per heavy atom. The average Bonchev–Trinajstić information content (AvgIpc) is 3.07. The first-order valence-electron chi connectivity index (χ1n) is 7.34. The van der Waals surface area contributed by atoms with Crippen LogP contribution in [-0.4, -0.2) is 55.0 Å². The van der Waals surface area contributed by atoms with Crippen LogP contribution in [-0.2, 0) is 11.3 Å². The smallest absolute Gasteiger partial charge is 0.236 e. The molecular weight excluding hydrogens is 254 g/mol. The van der Waals surface area contributed by atoms with Gasteiger partial charge in [-0.05, 0) is 38.6 Å². The van der Waals surface area contributed by atoms with Crippen molar-refractivity contribution in [3.05, 3.63) is 23.7 Å². The number of nitrogens with zero attached hydrogens (tertiary/aromatic N) is 2. The van der Waals surface area contributed by atoms with E-state index in [1.807, 2.05) is 26.1 Å². The van der Waals surface area contributed by atoms with Crippen molar-refractivity contribution in [1.29, 1.82) is 0 Å².